The maximum atomic E-state index is 12.3. The van der Waals surface area contributed by atoms with Crippen molar-refractivity contribution >= 4 is 23.4 Å². The quantitative estimate of drug-likeness (QED) is 0.823. The second-order valence-electron chi connectivity index (χ2n) is 6.31. The molecule has 1 aliphatic heterocycles. The highest BCUT2D eigenvalue weighted by Crippen LogP contribution is 2.15. The van der Waals surface area contributed by atoms with Gasteiger partial charge in [0.25, 0.3) is 5.91 Å². The standard InChI is InChI=1S/C19H21N3O4/c1-13-6-2-3-8-15(13)21-18(24)17(23)20-14-7-4-10-22(12-14)19(25)16-9-5-11-26-16/h2-3,5-6,8-9,11,14H,4,7,10,12H2,1H3,(H,20,23)(H,21,24)/t14-/m1/s1. The Morgan fingerprint density at radius 2 is 1.92 bits per heavy atom. The molecule has 2 heterocycles. The Morgan fingerprint density at radius 3 is 2.65 bits per heavy atom. The third-order valence-corrected chi connectivity index (χ3v) is 4.38. The van der Waals surface area contributed by atoms with Crippen molar-refractivity contribution in [3.8, 4) is 0 Å². The Kier molecular flexibility index (Phi) is 5.36. The van der Waals surface area contributed by atoms with Gasteiger partial charge in [-0.05, 0) is 43.5 Å². The molecule has 1 aliphatic rings. The lowest BCUT2D eigenvalue weighted by atomic mass is 10.1. The smallest absolute Gasteiger partial charge is 0.313 e. The van der Waals surface area contributed by atoms with Crippen molar-refractivity contribution in [1.82, 2.24) is 10.2 Å². The van der Waals surface area contributed by atoms with Crippen molar-refractivity contribution in [3.05, 3.63) is 54.0 Å². The third-order valence-electron chi connectivity index (χ3n) is 4.38. The highest BCUT2D eigenvalue weighted by Gasteiger charge is 2.28. The van der Waals surface area contributed by atoms with Crippen LogP contribution >= 0.6 is 0 Å². The average molecular weight is 355 g/mol. The van der Waals surface area contributed by atoms with Gasteiger partial charge in [0.1, 0.15) is 0 Å². The van der Waals surface area contributed by atoms with Gasteiger partial charge in [-0.3, -0.25) is 14.4 Å². The second kappa shape index (κ2) is 7.86. The number of aryl methyl sites for hydroxylation is 1. The van der Waals surface area contributed by atoms with Crippen molar-refractivity contribution < 1.29 is 18.8 Å². The molecule has 26 heavy (non-hydrogen) atoms. The number of benzene rings is 1. The summed E-state index contributed by atoms with van der Waals surface area (Å²) in [5.74, 6) is -1.35. The van der Waals surface area contributed by atoms with Gasteiger partial charge in [0, 0.05) is 24.8 Å². The average Bonchev–Trinajstić information content (AvgIpc) is 3.18. The molecule has 7 heteroatoms. The predicted molar refractivity (Wildman–Crippen MR) is 95.6 cm³/mol. The first-order valence-corrected chi connectivity index (χ1v) is 8.55. The van der Waals surface area contributed by atoms with Crippen molar-refractivity contribution in [3.63, 3.8) is 0 Å². The van der Waals surface area contributed by atoms with Crippen molar-refractivity contribution in [2.45, 2.75) is 25.8 Å². The first-order valence-electron chi connectivity index (χ1n) is 8.55. The Hall–Kier alpha value is -3.09. The molecule has 2 N–H and O–H groups in total. The van der Waals surface area contributed by atoms with Crippen LogP contribution in [0.2, 0.25) is 0 Å². The van der Waals surface area contributed by atoms with E-state index in [-0.39, 0.29) is 17.7 Å². The van der Waals surface area contributed by atoms with Crippen molar-refractivity contribution in [2.24, 2.45) is 0 Å². The molecular formula is C19H21N3O4. The number of furan rings is 1. The van der Waals surface area contributed by atoms with Crippen molar-refractivity contribution in [1.29, 1.82) is 0 Å². The van der Waals surface area contributed by atoms with Crippen LogP contribution in [0, 0.1) is 6.92 Å². The summed E-state index contributed by atoms with van der Waals surface area (Å²) in [5, 5.41) is 5.32. The number of piperidine rings is 1. The second-order valence-corrected chi connectivity index (χ2v) is 6.31. The van der Waals surface area contributed by atoms with Gasteiger partial charge >= 0.3 is 11.8 Å². The van der Waals surface area contributed by atoms with Gasteiger partial charge in [0.05, 0.1) is 6.26 Å². The van der Waals surface area contributed by atoms with E-state index in [1.165, 1.54) is 6.26 Å². The van der Waals surface area contributed by atoms with Crippen LogP contribution in [-0.4, -0.2) is 41.8 Å². The lowest BCUT2D eigenvalue weighted by Gasteiger charge is -2.32. The van der Waals surface area contributed by atoms with Gasteiger partial charge in [-0.25, -0.2) is 0 Å². The topological polar surface area (TPSA) is 91.7 Å². The number of hydrogen-bond donors (Lipinski definition) is 2. The summed E-state index contributed by atoms with van der Waals surface area (Å²) in [7, 11) is 0. The molecule has 2 aromatic rings. The molecule has 0 aliphatic carbocycles. The van der Waals surface area contributed by atoms with E-state index < -0.39 is 11.8 Å². The molecule has 0 saturated carbocycles. The van der Waals surface area contributed by atoms with Gasteiger partial charge in [0.2, 0.25) is 0 Å². The Bertz CT molecular complexity index is 801. The minimum atomic E-state index is -0.714. The largest absolute Gasteiger partial charge is 0.459 e. The van der Waals surface area contributed by atoms with Gasteiger partial charge in [-0.1, -0.05) is 18.2 Å². The lowest BCUT2D eigenvalue weighted by molar-refractivity contribution is -0.136. The summed E-state index contributed by atoms with van der Waals surface area (Å²) in [6.07, 6.45) is 2.91. The SMILES string of the molecule is Cc1ccccc1NC(=O)C(=O)N[C@@H]1CCCN(C(=O)c2ccco2)C1. The molecule has 1 saturated heterocycles. The highest BCUT2D eigenvalue weighted by molar-refractivity contribution is 6.39. The molecule has 1 fully saturated rings. The zero-order chi connectivity index (χ0) is 18.5. The van der Waals surface area contributed by atoms with E-state index in [9.17, 15) is 14.4 Å². The number of nitrogens with zero attached hydrogens (tertiary/aromatic N) is 1. The molecule has 0 bridgehead atoms. The Labute approximate surface area is 151 Å². The molecular weight excluding hydrogens is 334 g/mol. The molecule has 7 nitrogen and oxygen atoms in total. The summed E-state index contributed by atoms with van der Waals surface area (Å²) in [4.78, 5) is 38.3. The van der Waals surface area contributed by atoms with Gasteiger partial charge in [-0.2, -0.15) is 0 Å². The molecule has 1 aromatic carbocycles. The van der Waals surface area contributed by atoms with Crippen LogP contribution < -0.4 is 10.6 Å². The summed E-state index contributed by atoms with van der Waals surface area (Å²) in [6, 6.07) is 10.2. The number of amides is 3. The van der Waals surface area contributed by atoms with Crippen LogP contribution in [0.15, 0.2) is 47.1 Å². The molecule has 0 radical (unpaired) electrons. The van der Waals surface area contributed by atoms with Crippen LogP contribution in [0.5, 0.6) is 0 Å². The predicted octanol–water partition coefficient (Wildman–Crippen LogP) is 1.95. The maximum absolute atomic E-state index is 12.3. The van der Waals surface area contributed by atoms with E-state index in [2.05, 4.69) is 10.6 Å². The van der Waals surface area contributed by atoms with Crippen LogP contribution in [0.4, 0.5) is 5.69 Å². The van der Waals surface area contributed by atoms with E-state index in [1.807, 2.05) is 19.1 Å². The van der Waals surface area contributed by atoms with E-state index in [4.69, 9.17) is 4.42 Å². The van der Waals surface area contributed by atoms with E-state index in [0.29, 0.717) is 25.2 Å². The molecule has 3 amide bonds. The number of carbonyl (C=O) groups is 3. The molecule has 136 valence electrons. The Morgan fingerprint density at radius 1 is 1.12 bits per heavy atom. The number of nitrogens with one attached hydrogen (secondary N) is 2. The fourth-order valence-electron chi connectivity index (χ4n) is 2.98. The minimum absolute atomic E-state index is 0.210. The van der Waals surface area contributed by atoms with E-state index in [0.717, 1.165) is 12.0 Å². The van der Waals surface area contributed by atoms with E-state index in [1.54, 1.807) is 29.2 Å². The number of hydrogen-bond acceptors (Lipinski definition) is 4. The van der Waals surface area contributed by atoms with Crippen LogP contribution in [0.25, 0.3) is 0 Å². The summed E-state index contributed by atoms with van der Waals surface area (Å²) < 4.78 is 5.14. The summed E-state index contributed by atoms with van der Waals surface area (Å²) in [5.41, 5.74) is 1.48. The maximum Gasteiger partial charge on any atom is 0.313 e. The molecule has 3 rings (SSSR count). The van der Waals surface area contributed by atoms with Crippen LogP contribution in [-0.2, 0) is 9.59 Å². The first kappa shape index (κ1) is 17.7. The van der Waals surface area contributed by atoms with Gasteiger partial charge < -0.3 is 20.0 Å². The number of carbonyl (C=O) groups excluding carboxylic acids is 3. The minimum Gasteiger partial charge on any atom is -0.459 e. The monoisotopic (exact) mass is 355 g/mol. The fourth-order valence-corrected chi connectivity index (χ4v) is 2.98. The number of anilines is 1. The zero-order valence-electron chi connectivity index (χ0n) is 14.5. The molecule has 0 unspecified atom stereocenters. The van der Waals surface area contributed by atoms with Gasteiger partial charge in [0.15, 0.2) is 5.76 Å². The lowest BCUT2D eigenvalue weighted by Crippen LogP contribution is -2.51. The fraction of sp³-hybridized carbons (Fsp3) is 0.316. The third kappa shape index (κ3) is 4.11. The number of para-hydroxylation sites is 1. The van der Waals surface area contributed by atoms with Gasteiger partial charge in [-0.15, -0.1) is 0 Å². The number of rotatable bonds is 3. The van der Waals surface area contributed by atoms with Crippen LogP contribution in [0.3, 0.4) is 0 Å². The highest BCUT2D eigenvalue weighted by atomic mass is 16.3. The molecule has 0 spiro atoms. The number of likely N-dealkylation sites (tertiary alicyclic amines) is 1. The Balaban J connectivity index is 1.56. The van der Waals surface area contributed by atoms with E-state index >= 15 is 0 Å². The molecule has 1 aromatic heterocycles. The van der Waals surface area contributed by atoms with Crippen LogP contribution in [0.1, 0.15) is 29.0 Å². The summed E-state index contributed by atoms with van der Waals surface area (Å²) in [6.45, 7) is 2.80. The summed E-state index contributed by atoms with van der Waals surface area (Å²) >= 11 is 0. The zero-order valence-corrected chi connectivity index (χ0v) is 14.5. The first-order chi connectivity index (χ1) is 12.5. The van der Waals surface area contributed by atoms with Crippen molar-refractivity contribution in [2.75, 3.05) is 18.4 Å². The normalized spacial score (nSPS) is 16.8. The molecule has 1 atom stereocenters.